The van der Waals surface area contributed by atoms with Crippen molar-refractivity contribution in [3.63, 3.8) is 0 Å². The first-order valence-electron chi connectivity index (χ1n) is 7.64. The summed E-state index contributed by atoms with van der Waals surface area (Å²) in [7, 11) is 0. The molecule has 1 saturated carbocycles. The summed E-state index contributed by atoms with van der Waals surface area (Å²) in [5.41, 5.74) is 8.27. The molecule has 0 spiro atoms. The van der Waals surface area contributed by atoms with Crippen LogP contribution < -0.4 is 5.73 Å². The Labute approximate surface area is 117 Å². The first kappa shape index (κ1) is 14.5. The van der Waals surface area contributed by atoms with Crippen LogP contribution in [0.25, 0.3) is 0 Å². The molecular formula is C16H27N3. The molecule has 0 aliphatic heterocycles. The molecule has 0 unspecified atom stereocenters. The van der Waals surface area contributed by atoms with Gasteiger partial charge in [0.1, 0.15) is 0 Å². The van der Waals surface area contributed by atoms with Crippen LogP contribution in [0.5, 0.6) is 0 Å². The Morgan fingerprint density at radius 1 is 1.26 bits per heavy atom. The molecule has 1 aliphatic carbocycles. The lowest BCUT2D eigenvalue weighted by Crippen LogP contribution is -2.37. The van der Waals surface area contributed by atoms with Crippen LogP contribution in [0, 0.1) is 6.92 Å². The van der Waals surface area contributed by atoms with Crippen molar-refractivity contribution < 1.29 is 0 Å². The van der Waals surface area contributed by atoms with Gasteiger partial charge in [0.2, 0.25) is 0 Å². The van der Waals surface area contributed by atoms with Gasteiger partial charge >= 0.3 is 0 Å². The van der Waals surface area contributed by atoms with Crippen LogP contribution in [0.2, 0.25) is 0 Å². The third kappa shape index (κ3) is 4.59. The standard InChI is InChI=1S/C16H27N3/c1-14-10-15(12-18-11-14)13-19(9-5-8-17)16-6-3-2-4-7-16/h10-12,16H,2-9,13,17H2,1H3. The fourth-order valence-corrected chi connectivity index (χ4v) is 3.07. The third-order valence-corrected chi connectivity index (χ3v) is 4.06. The van der Waals surface area contributed by atoms with E-state index >= 15 is 0 Å². The molecule has 19 heavy (non-hydrogen) atoms. The first-order valence-corrected chi connectivity index (χ1v) is 7.64. The summed E-state index contributed by atoms with van der Waals surface area (Å²) >= 11 is 0. The molecule has 1 heterocycles. The van der Waals surface area contributed by atoms with Crippen LogP contribution in [0.15, 0.2) is 18.5 Å². The van der Waals surface area contributed by atoms with Crippen molar-refractivity contribution in [2.75, 3.05) is 13.1 Å². The van der Waals surface area contributed by atoms with Gasteiger partial charge in [-0.2, -0.15) is 0 Å². The van der Waals surface area contributed by atoms with Crippen LogP contribution in [0.1, 0.15) is 49.7 Å². The van der Waals surface area contributed by atoms with Gasteiger partial charge in [-0.1, -0.05) is 25.3 Å². The fraction of sp³-hybridized carbons (Fsp3) is 0.688. The van der Waals surface area contributed by atoms with E-state index in [1.807, 2.05) is 12.4 Å². The molecule has 1 aromatic rings. The maximum Gasteiger partial charge on any atom is 0.0313 e. The monoisotopic (exact) mass is 261 g/mol. The highest BCUT2D eigenvalue weighted by Gasteiger charge is 2.20. The van der Waals surface area contributed by atoms with Gasteiger partial charge in [-0.25, -0.2) is 0 Å². The van der Waals surface area contributed by atoms with E-state index in [0.29, 0.717) is 0 Å². The number of hydrogen-bond donors (Lipinski definition) is 1. The zero-order chi connectivity index (χ0) is 13.5. The molecule has 0 bridgehead atoms. The summed E-state index contributed by atoms with van der Waals surface area (Å²) in [5.74, 6) is 0. The van der Waals surface area contributed by atoms with Crippen molar-refractivity contribution in [2.24, 2.45) is 5.73 Å². The van der Waals surface area contributed by atoms with E-state index in [9.17, 15) is 0 Å². The Morgan fingerprint density at radius 3 is 2.74 bits per heavy atom. The number of hydrogen-bond acceptors (Lipinski definition) is 3. The van der Waals surface area contributed by atoms with E-state index < -0.39 is 0 Å². The molecule has 106 valence electrons. The van der Waals surface area contributed by atoms with Crippen LogP contribution in [-0.4, -0.2) is 29.0 Å². The Hall–Kier alpha value is -0.930. The maximum absolute atomic E-state index is 5.68. The molecule has 0 atom stereocenters. The Bertz CT molecular complexity index is 372. The molecule has 0 amide bonds. The summed E-state index contributed by atoms with van der Waals surface area (Å²) in [6.07, 6.45) is 11.9. The molecule has 0 aromatic carbocycles. The van der Waals surface area contributed by atoms with Crippen molar-refractivity contribution in [2.45, 2.75) is 58.0 Å². The van der Waals surface area contributed by atoms with E-state index in [-0.39, 0.29) is 0 Å². The number of nitrogens with zero attached hydrogens (tertiary/aromatic N) is 2. The second-order valence-corrected chi connectivity index (χ2v) is 5.78. The summed E-state index contributed by atoms with van der Waals surface area (Å²) in [6, 6.07) is 3.01. The van der Waals surface area contributed by atoms with Gasteiger partial charge in [-0.3, -0.25) is 9.88 Å². The number of aromatic nitrogens is 1. The van der Waals surface area contributed by atoms with E-state index in [2.05, 4.69) is 22.9 Å². The minimum atomic E-state index is 0.751. The Kier molecular flexibility index (Phi) is 5.80. The number of nitrogens with two attached hydrogens (primary N) is 1. The predicted molar refractivity (Wildman–Crippen MR) is 79.9 cm³/mol. The molecule has 1 aromatic heterocycles. The summed E-state index contributed by atoms with van der Waals surface area (Å²) in [5, 5.41) is 0. The average Bonchev–Trinajstić information content (AvgIpc) is 2.44. The highest BCUT2D eigenvalue weighted by molar-refractivity contribution is 5.16. The van der Waals surface area contributed by atoms with Gasteiger partial charge in [0.15, 0.2) is 0 Å². The van der Waals surface area contributed by atoms with E-state index in [4.69, 9.17) is 5.73 Å². The quantitative estimate of drug-likeness (QED) is 0.856. The smallest absolute Gasteiger partial charge is 0.0313 e. The van der Waals surface area contributed by atoms with Crippen LogP contribution in [0.4, 0.5) is 0 Å². The topological polar surface area (TPSA) is 42.2 Å². The zero-order valence-electron chi connectivity index (χ0n) is 12.1. The zero-order valence-corrected chi connectivity index (χ0v) is 12.1. The van der Waals surface area contributed by atoms with Crippen LogP contribution >= 0.6 is 0 Å². The third-order valence-electron chi connectivity index (χ3n) is 4.06. The van der Waals surface area contributed by atoms with Gasteiger partial charge < -0.3 is 5.73 Å². The minimum Gasteiger partial charge on any atom is -0.330 e. The highest BCUT2D eigenvalue weighted by Crippen LogP contribution is 2.24. The van der Waals surface area contributed by atoms with Crippen molar-refractivity contribution in [1.29, 1.82) is 0 Å². The van der Waals surface area contributed by atoms with Gasteiger partial charge in [0, 0.05) is 25.0 Å². The lowest BCUT2D eigenvalue weighted by molar-refractivity contribution is 0.147. The maximum atomic E-state index is 5.68. The predicted octanol–water partition coefficient (Wildman–Crippen LogP) is 2.87. The summed E-state index contributed by atoms with van der Waals surface area (Å²) < 4.78 is 0. The molecule has 1 fully saturated rings. The number of aryl methyl sites for hydroxylation is 1. The SMILES string of the molecule is Cc1cncc(CN(CCCN)C2CCCCC2)c1. The fourth-order valence-electron chi connectivity index (χ4n) is 3.07. The molecule has 1 aliphatic rings. The second-order valence-electron chi connectivity index (χ2n) is 5.78. The molecule has 2 N–H and O–H groups in total. The Morgan fingerprint density at radius 2 is 2.05 bits per heavy atom. The minimum absolute atomic E-state index is 0.751. The van der Waals surface area contributed by atoms with Crippen molar-refractivity contribution >= 4 is 0 Å². The van der Waals surface area contributed by atoms with Gasteiger partial charge in [-0.05, 0) is 50.4 Å². The second kappa shape index (κ2) is 7.61. The van der Waals surface area contributed by atoms with Crippen LogP contribution in [0.3, 0.4) is 0 Å². The molecule has 2 rings (SSSR count). The largest absolute Gasteiger partial charge is 0.330 e. The van der Waals surface area contributed by atoms with Crippen molar-refractivity contribution in [3.8, 4) is 0 Å². The van der Waals surface area contributed by atoms with Crippen LogP contribution in [-0.2, 0) is 6.54 Å². The lowest BCUT2D eigenvalue weighted by Gasteiger charge is -2.34. The average molecular weight is 261 g/mol. The molecule has 0 radical (unpaired) electrons. The van der Waals surface area contributed by atoms with E-state index in [1.165, 1.54) is 43.2 Å². The van der Waals surface area contributed by atoms with Gasteiger partial charge in [0.25, 0.3) is 0 Å². The molecule has 0 saturated heterocycles. The van der Waals surface area contributed by atoms with E-state index in [0.717, 1.165) is 32.1 Å². The van der Waals surface area contributed by atoms with Crippen molar-refractivity contribution in [3.05, 3.63) is 29.6 Å². The molecule has 3 heteroatoms. The molecule has 3 nitrogen and oxygen atoms in total. The van der Waals surface area contributed by atoms with Gasteiger partial charge in [-0.15, -0.1) is 0 Å². The highest BCUT2D eigenvalue weighted by atomic mass is 15.2. The normalized spacial score (nSPS) is 17.0. The first-order chi connectivity index (χ1) is 9.29. The number of pyridine rings is 1. The summed E-state index contributed by atoms with van der Waals surface area (Å²) in [4.78, 5) is 6.94. The molecular weight excluding hydrogens is 234 g/mol. The van der Waals surface area contributed by atoms with Crippen molar-refractivity contribution in [1.82, 2.24) is 9.88 Å². The number of rotatable bonds is 6. The lowest BCUT2D eigenvalue weighted by atomic mass is 9.93. The summed E-state index contributed by atoms with van der Waals surface area (Å²) in [6.45, 7) is 5.05. The Balaban J connectivity index is 1.99. The van der Waals surface area contributed by atoms with Gasteiger partial charge in [0.05, 0.1) is 0 Å². The van der Waals surface area contributed by atoms with E-state index in [1.54, 1.807) is 0 Å².